The first kappa shape index (κ1) is 68.4. The second-order valence-electron chi connectivity index (χ2n) is 26.8. The molecule has 0 radical (unpaired) electrons. The smallest absolute Gasteiger partial charge is 0.261 e. The summed E-state index contributed by atoms with van der Waals surface area (Å²) in [5.41, 5.74) is 12.2. The van der Waals surface area contributed by atoms with Crippen molar-refractivity contribution in [2.24, 2.45) is 17.6 Å². The molecule has 10 heteroatoms. The van der Waals surface area contributed by atoms with Crippen molar-refractivity contribution in [1.29, 1.82) is 0 Å². The van der Waals surface area contributed by atoms with Gasteiger partial charge in [0.2, 0.25) is 0 Å². The summed E-state index contributed by atoms with van der Waals surface area (Å²) in [5.74, 6) is 0.829. The number of hydrogen-bond acceptors (Lipinski definition) is 8. The van der Waals surface area contributed by atoms with E-state index < -0.39 is 0 Å². The van der Waals surface area contributed by atoms with Crippen LogP contribution in [0.1, 0.15) is 293 Å². The number of aryl methyl sites for hydroxylation is 2. The van der Waals surface area contributed by atoms with Crippen LogP contribution in [0.15, 0.2) is 59.7 Å². The second-order valence-corrected chi connectivity index (χ2v) is 32.1. The number of nitrogens with two attached hydrogens (primary N) is 1. The fourth-order valence-corrected chi connectivity index (χ4v) is 18.6. The van der Waals surface area contributed by atoms with Crippen molar-refractivity contribution in [2.75, 3.05) is 13.1 Å². The summed E-state index contributed by atoms with van der Waals surface area (Å²) in [6.45, 7) is 26.2. The van der Waals surface area contributed by atoms with Crippen molar-refractivity contribution in [3.05, 3.63) is 90.3 Å². The van der Waals surface area contributed by atoms with E-state index in [1.165, 1.54) is 204 Å². The summed E-state index contributed by atoms with van der Waals surface area (Å²) in [5, 5.41) is 0. The average Bonchev–Trinajstić information content (AvgIpc) is 1.68. The lowest BCUT2D eigenvalue weighted by Gasteiger charge is -2.29. The Kier molecular flexibility index (Phi) is 27.7. The number of nitrogens with zero attached hydrogens (tertiary/aromatic N) is 2. The van der Waals surface area contributed by atoms with Crippen LogP contribution in [0.4, 0.5) is 0 Å². The van der Waals surface area contributed by atoms with E-state index in [0.29, 0.717) is 36.1 Å². The summed E-state index contributed by atoms with van der Waals surface area (Å²) in [7, 11) is 0. The minimum absolute atomic E-state index is 0.0410. The van der Waals surface area contributed by atoms with Gasteiger partial charge in [-0.1, -0.05) is 210 Å². The van der Waals surface area contributed by atoms with Gasteiger partial charge in [0.15, 0.2) is 0 Å². The first-order valence-corrected chi connectivity index (χ1v) is 38.1. The zero-order valence-corrected chi connectivity index (χ0v) is 58.5. The molecule has 2 amide bonds. The summed E-state index contributed by atoms with van der Waals surface area (Å²) in [4.78, 5) is 49.1. The molecule has 5 aromatic rings. The molecule has 0 fully saturated rings. The van der Waals surface area contributed by atoms with Crippen molar-refractivity contribution in [1.82, 2.24) is 9.80 Å². The lowest BCUT2D eigenvalue weighted by Crippen LogP contribution is -2.34. The van der Waals surface area contributed by atoms with Gasteiger partial charge in [-0.3, -0.25) is 9.59 Å². The largest absolute Gasteiger partial charge is 0.321 e. The molecule has 2 aliphatic heterocycles. The number of thiophene rings is 5. The van der Waals surface area contributed by atoms with Crippen LogP contribution >= 0.6 is 56.7 Å². The molecule has 7 rings (SSSR count). The van der Waals surface area contributed by atoms with E-state index in [1.807, 2.05) is 34.0 Å². The summed E-state index contributed by atoms with van der Waals surface area (Å²) in [6, 6.07) is 18.7. The van der Waals surface area contributed by atoms with Gasteiger partial charge < -0.3 is 15.5 Å². The van der Waals surface area contributed by atoms with Crippen molar-refractivity contribution in [3.8, 4) is 29.3 Å². The summed E-state index contributed by atoms with van der Waals surface area (Å²) >= 11 is 9.34. The molecule has 84 heavy (non-hydrogen) atoms. The zero-order chi connectivity index (χ0) is 60.2. The molecule has 0 saturated heterocycles. The molecule has 0 saturated carbocycles. The van der Waals surface area contributed by atoms with Crippen LogP contribution < -0.4 is 5.73 Å². The van der Waals surface area contributed by atoms with Gasteiger partial charge >= 0.3 is 0 Å². The molecule has 0 bridgehead atoms. The molecule has 2 unspecified atom stereocenters. The van der Waals surface area contributed by atoms with E-state index in [4.69, 9.17) is 5.73 Å². The number of carbonyl (C=O) groups is 2. The molecule has 0 aliphatic carbocycles. The molecule has 0 spiro atoms. The molecule has 2 atom stereocenters. The van der Waals surface area contributed by atoms with E-state index in [2.05, 4.69) is 134 Å². The van der Waals surface area contributed by atoms with Crippen molar-refractivity contribution in [3.63, 3.8) is 0 Å². The third-order valence-electron chi connectivity index (χ3n) is 17.7. The van der Waals surface area contributed by atoms with Gasteiger partial charge in [0.25, 0.3) is 11.8 Å². The predicted molar refractivity (Wildman–Crippen MR) is 374 cm³/mol. The highest BCUT2D eigenvalue weighted by Gasteiger charge is 2.50. The van der Waals surface area contributed by atoms with E-state index in [0.717, 1.165) is 66.1 Å². The normalized spacial score (nSPS) is 14.9. The number of carbonyl (C=O) groups excluding carboxylic acids is 2. The molecular weight excluding hydrogens is 1120 g/mol. The van der Waals surface area contributed by atoms with Crippen LogP contribution in [-0.2, 0) is 33.4 Å². The van der Waals surface area contributed by atoms with Gasteiger partial charge in [-0.05, 0) is 142 Å². The van der Waals surface area contributed by atoms with Crippen molar-refractivity contribution < 1.29 is 9.59 Å². The highest BCUT2D eigenvalue weighted by atomic mass is 32.1. The number of unbranched alkanes of at least 4 members (excludes halogenated alkanes) is 19. The maximum atomic E-state index is 16.1. The highest BCUT2D eigenvalue weighted by molar-refractivity contribution is 7.28. The monoisotopic (exact) mass is 1230 g/mol. The Morgan fingerprint density at radius 2 is 0.774 bits per heavy atom. The molecule has 7 heterocycles. The fraction of sp³-hybridized carbons (Fsp3) is 0.649. The van der Waals surface area contributed by atoms with Gasteiger partial charge in [0.05, 0.1) is 32.3 Å². The third-order valence-corrected chi connectivity index (χ3v) is 24.7. The zero-order valence-electron chi connectivity index (χ0n) is 54.4. The van der Waals surface area contributed by atoms with Gasteiger partial charge in [-0.2, -0.15) is 0 Å². The molecule has 0 aromatic carbocycles. The van der Waals surface area contributed by atoms with Crippen LogP contribution in [0.5, 0.6) is 0 Å². The molecule has 2 N–H and O–H groups in total. The van der Waals surface area contributed by atoms with E-state index in [1.54, 1.807) is 22.7 Å². The number of hydrogen-bond donors (Lipinski definition) is 1. The lowest BCUT2D eigenvalue weighted by atomic mass is 9.93. The van der Waals surface area contributed by atoms with Crippen molar-refractivity contribution in [2.45, 2.75) is 286 Å². The van der Waals surface area contributed by atoms with Crippen molar-refractivity contribution >= 4 is 79.9 Å². The van der Waals surface area contributed by atoms with Gasteiger partial charge in [-0.15, -0.1) is 56.7 Å². The molecule has 5 aromatic heterocycles. The molecular formula is C74H111N3O2S5. The second kappa shape index (κ2) is 34.0. The average molecular weight is 1240 g/mol. The molecule has 2 aliphatic rings. The lowest BCUT2D eigenvalue weighted by molar-refractivity contribution is -0.124. The van der Waals surface area contributed by atoms with Gasteiger partial charge in [-0.25, -0.2) is 0 Å². The quantitative estimate of drug-likeness (QED) is 0.0397. The minimum Gasteiger partial charge on any atom is -0.321 e. The highest BCUT2D eigenvalue weighted by Crippen LogP contribution is 2.53. The number of fused-ring (bicyclic) bond motifs is 1. The first-order chi connectivity index (χ1) is 40.6. The summed E-state index contributed by atoms with van der Waals surface area (Å²) < 4.78 is 0. The maximum absolute atomic E-state index is 16.1. The minimum atomic E-state index is -0.379. The SMILES string of the molecule is CCCCCCCCC(CCCCCC)CN1C(=O)C2=C(c3ccc(C(C)(C)C)s3)N(CC(CCCCCC)CCCCCCCC)C(=O)C2=C1c1ccc(-c2cc(CCCCC)c(-c3ccc(-c4sc(C(C)(C)N)cc4CCCC)s3)s2)s1. The van der Waals surface area contributed by atoms with E-state index >= 15 is 9.59 Å². The number of rotatable bonds is 41. The van der Waals surface area contributed by atoms with Gasteiger partial charge in [0.1, 0.15) is 0 Å². The topological polar surface area (TPSA) is 66.6 Å². The fourth-order valence-electron chi connectivity index (χ4n) is 12.6. The van der Waals surface area contributed by atoms with Crippen LogP contribution in [0.25, 0.3) is 40.7 Å². The third kappa shape index (κ3) is 18.5. The molecule has 464 valence electrons. The Labute approximate surface area is 531 Å². The van der Waals surface area contributed by atoms with Crippen LogP contribution in [-0.4, -0.2) is 34.7 Å². The number of amides is 2. The Morgan fingerprint density at radius 1 is 0.393 bits per heavy atom. The predicted octanol–water partition coefficient (Wildman–Crippen LogP) is 24.0. The van der Waals surface area contributed by atoms with Gasteiger partial charge in [0, 0.05) is 57.6 Å². The van der Waals surface area contributed by atoms with E-state index in [9.17, 15) is 0 Å². The van der Waals surface area contributed by atoms with Crippen LogP contribution in [0, 0.1) is 11.8 Å². The van der Waals surface area contributed by atoms with E-state index in [-0.39, 0.29) is 22.8 Å². The Hall–Kier alpha value is -3.12. The standard InChI is InChI=1S/C74H111N3O2S5/c1-12-18-24-28-30-35-39-53(37-33-26-20-14-3)51-76-67(65-66(72(76)79)68(59-47-48-63(82-59)73(7,8)9)77(71(65)78)52-54(38-34-27-21-15-4)40-36-31-29-25-19-13-2)58-44-43-57(80-58)62-49-55(42-32-22-16-5)69(83-62)60-45-46-61(81-60)70-56(41-23-17-6)50-64(84-70)74(10,11)75/h43-50,53-54H,12-42,51-52,75H2,1-11H3. The first-order valence-electron chi connectivity index (χ1n) is 34.1. The Balaban J connectivity index is 1.34. The molecule has 5 nitrogen and oxygen atoms in total. The Bertz CT molecular complexity index is 2870. The Morgan fingerprint density at radius 3 is 1.25 bits per heavy atom. The van der Waals surface area contributed by atoms with Crippen LogP contribution in [0.2, 0.25) is 0 Å². The maximum Gasteiger partial charge on any atom is 0.261 e. The summed E-state index contributed by atoms with van der Waals surface area (Å²) in [6.07, 6.45) is 37.4. The van der Waals surface area contributed by atoms with Crippen LogP contribution in [0.3, 0.4) is 0 Å².